The molecule has 0 atom stereocenters. The lowest BCUT2D eigenvalue weighted by atomic mass is 10.1. The van der Waals surface area contributed by atoms with Gasteiger partial charge < -0.3 is 0 Å². The second-order valence-corrected chi connectivity index (χ2v) is 7.32. The van der Waals surface area contributed by atoms with Crippen LogP contribution in [0.15, 0.2) is 47.9 Å². The van der Waals surface area contributed by atoms with E-state index in [2.05, 4.69) is 18.2 Å². The van der Waals surface area contributed by atoms with Gasteiger partial charge in [0.05, 0.1) is 4.90 Å². The van der Waals surface area contributed by atoms with Crippen molar-refractivity contribution in [2.45, 2.75) is 70.1 Å². The van der Waals surface area contributed by atoms with Crippen LogP contribution in [0.3, 0.4) is 0 Å². The van der Waals surface area contributed by atoms with Gasteiger partial charge in [0.2, 0.25) is 10.0 Å². The molecule has 0 heterocycles. The number of benzene rings is 1. The van der Waals surface area contributed by atoms with Gasteiger partial charge in [0, 0.05) is 6.54 Å². The van der Waals surface area contributed by atoms with Crippen molar-refractivity contribution < 1.29 is 8.42 Å². The molecule has 1 aromatic rings. The van der Waals surface area contributed by atoms with E-state index in [1.54, 1.807) is 30.3 Å². The van der Waals surface area contributed by atoms with Crippen LogP contribution < -0.4 is 4.72 Å². The van der Waals surface area contributed by atoms with Crippen LogP contribution in [-0.4, -0.2) is 15.0 Å². The van der Waals surface area contributed by atoms with Gasteiger partial charge in [-0.1, -0.05) is 70.2 Å². The molecule has 0 aliphatic rings. The van der Waals surface area contributed by atoms with E-state index in [1.807, 2.05) is 13.0 Å². The van der Waals surface area contributed by atoms with Crippen molar-refractivity contribution in [1.29, 1.82) is 0 Å². The minimum absolute atomic E-state index is 0.330. The number of unbranched alkanes of at least 4 members (excludes halogenated alkanes) is 6. The highest BCUT2D eigenvalue weighted by Gasteiger charge is 2.11. The SMILES string of the molecule is C=CCCCCCCC.CCCCNS(=O)(=O)c1ccccc1. The van der Waals surface area contributed by atoms with E-state index in [1.165, 1.54) is 38.5 Å². The summed E-state index contributed by atoms with van der Waals surface area (Å²) in [5, 5.41) is 0. The zero-order chi connectivity index (χ0) is 17.4. The summed E-state index contributed by atoms with van der Waals surface area (Å²) in [6.45, 7) is 8.45. The molecule has 0 aliphatic heterocycles. The van der Waals surface area contributed by atoms with E-state index in [0.717, 1.165) is 12.8 Å². The Labute approximate surface area is 143 Å². The fourth-order valence-corrected chi connectivity index (χ4v) is 3.05. The molecule has 0 radical (unpaired) electrons. The number of sulfonamides is 1. The molecule has 0 aromatic heterocycles. The molecule has 0 fully saturated rings. The predicted octanol–water partition coefficient (Wildman–Crippen LogP) is 5.30. The molecule has 0 saturated carbocycles. The van der Waals surface area contributed by atoms with Crippen LogP contribution in [0.2, 0.25) is 0 Å². The molecule has 132 valence electrons. The molecular formula is C19H33NO2S. The fourth-order valence-electron chi connectivity index (χ4n) is 1.96. The molecule has 0 spiro atoms. The van der Waals surface area contributed by atoms with Gasteiger partial charge in [-0.25, -0.2) is 13.1 Å². The molecule has 0 unspecified atom stereocenters. The molecule has 1 aromatic carbocycles. The lowest BCUT2D eigenvalue weighted by Crippen LogP contribution is -2.24. The molecule has 0 amide bonds. The minimum atomic E-state index is -3.28. The van der Waals surface area contributed by atoms with E-state index in [9.17, 15) is 8.42 Å². The smallest absolute Gasteiger partial charge is 0.211 e. The van der Waals surface area contributed by atoms with Crippen molar-refractivity contribution in [3.8, 4) is 0 Å². The van der Waals surface area contributed by atoms with Gasteiger partial charge >= 0.3 is 0 Å². The molecule has 3 nitrogen and oxygen atoms in total. The fraction of sp³-hybridized carbons (Fsp3) is 0.579. The molecule has 0 saturated heterocycles. The number of nitrogens with one attached hydrogen (secondary N) is 1. The van der Waals surface area contributed by atoms with E-state index >= 15 is 0 Å². The van der Waals surface area contributed by atoms with Gasteiger partial charge in [-0.2, -0.15) is 0 Å². The molecular weight excluding hydrogens is 306 g/mol. The third-order valence-corrected chi connectivity index (χ3v) is 4.86. The largest absolute Gasteiger partial charge is 0.240 e. The minimum Gasteiger partial charge on any atom is -0.211 e. The number of hydrogen-bond donors (Lipinski definition) is 1. The zero-order valence-electron chi connectivity index (χ0n) is 14.8. The summed E-state index contributed by atoms with van der Waals surface area (Å²) in [6.07, 6.45) is 11.9. The van der Waals surface area contributed by atoms with Crippen molar-refractivity contribution in [1.82, 2.24) is 4.72 Å². The van der Waals surface area contributed by atoms with E-state index in [4.69, 9.17) is 0 Å². The maximum absolute atomic E-state index is 11.6. The van der Waals surface area contributed by atoms with Gasteiger partial charge in [0.25, 0.3) is 0 Å². The van der Waals surface area contributed by atoms with E-state index in [-0.39, 0.29) is 0 Å². The Balaban J connectivity index is 0.000000468. The van der Waals surface area contributed by atoms with Crippen molar-refractivity contribution in [3.05, 3.63) is 43.0 Å². The highest BCUT2D eigenvalue weighted by atomic mass is 32.2. The lowest BCUT2D eigenvalue weighted by molar-refractivity contribution is 0.578. The highest BCUT2D eigenvalue weighted by Crippen LogP contribution is 2.06. The van der Waals surface area contributed by atoms with Gasteiger partial charge in [-0.3, -0.25) is 0 Å². The average Bonchev–Trinajstić information content (AvgIpc) is 2.56. The summed E-state index contributed by atoms with van der Waals surface area (Å²) in [5.41, 5.74) is 0. The summed E-state index contributed by atoms with van der Waals surface area (Å²) < 4.78 is 25.7. The number of rotatable bonds is 11. The van der Waals surface area contributed by atoms with Crippen molar-refractivity contribution in [2.75, 3.05) is 6.54 Å². The Bertz CT molecular complexity index is 483. The summed E-state index contributed by atoms with van der Waals surface area (Å²) in [7, 11) is -3.28. The molecule has 1 rings (SSSR count). The highest BCUT2D eigenvalue weighted by molar-refractivity contribution is 7.89. The van der Waals surface area contributed by atoms with Gasteiger partial charge in [0.15, 0.2) is 0 Å². The molecule has 4 heteroatoms. The first-order chi connectivity index (χ1) is 11.1. The Morgan fingerprint density at radius 1 is 0.957 bits per heavy atom. The zero-order valence-corrected chi connectivity index (χ0v) is 15.6. The van der Waals surface area contributed by atoms with E-state index < -0.39 is 10.0 Å². The first-order valence-corrected chi connectivity index (χ1v) is 10.2. The average molecular weight is 340 g/mol. The third kappa shape index (κ3) is 12.0. The summed E-state index contributed by atoms with van der Waals surface area (Å²) in [5.74, 6) is 0. The molecule has 1 N–H and O–H groups in total. The van der Waals surface area contributed by atoms with Crippen LogP contribution in [0.25, 0.3) is 0 Å². The van der Waals surface area contributed by atoms with Crippen LogP contribution in [-0.2, 0) is 10.0 Å². The maximum Gasteiger partial charge on any atom is 0.240 e. The predicted molar refractivity (Wildman–Crippen MR) is 100 cm³/mol. The summed E-state index contributed by atoms with van der Waals surface area (Å²) in [4.78, 5) is 0.330. The van der Waals surface area contributed by atoms with E-state index in [0.29, 0.717) is 11.4 Å². The quantitative estimate of drug-likeness (QED) is 0.439. The Kier molecular flexibility index (Phi) is 13.8. The van der Waals surface area contributed by atoms with Gasteiger partial charge in [-0.05, 0) is 31.4 Å². The van der Waals surface area contributed by atoms with Crippen LogP contribution in [0.5, 0.6) is 0 Å². The standard InChI is InChI=1S/C10H15NO2S.C9H18/c1-2-3-9-11-14(12,13)10-7-5-4-6-8-10;1-3-5-7-9-8-6-4-2/h4-8,11H,2-3,9H2,1H3;3H,1,4-9H2,2H3. The first-order valence-electron chi connectivity index (χ1n) is 8.74. The Hall–Kier alpha value is -1.13. The topological polar surface area (TPSA) is 46.2 Å². The van der Waals surface area contributed by atoms with Crippen LogP contribution >= 0.6 is 0 Å². The van der Waals surface area contributed by atoms with Gasteiger partial charge in [0.1, 0.15) is 0 Å². The number of allylic oxidation sites excluding steroid dienone is 1. The van der Waals surface area contributed by atoms with Gasteiger partial charge in [-0.15, -0.1) is 6.58 Å². The monoisotopic (exact) mass is 339 g/mol. The first kappa shape index (κ1) is 21.9. The third-order valence-electron chi connectivity index (χ3n) is 3.39. The summed E-state index contributed by atoms with van der Waals surface area (Å²) in [6, 6.07) is 8.41. The molecule has 0 bridgehead atoms. The van der Waals surface area contributed by atoms with Crippen LogP contribution in [0.1, 0.15) is 65.2 Å². The van der Waals surface area contributed by atoms with Crippen LogP contribution in [0.4, 0.5) is 0 Å². The van der Waals surface area contributed by atoms with Crippen molar-refractivity contribution >= 4 is 10.0 Å². The second kappa shape index (κ2) is 14.5. The maximum atomic E-state index is 11.6. The normalized spacial score (nSPS) is 10.7. The van der Waals surface area contributed by atoms with Crippen molar-refractivity contribution in [3.63, 3.8) is 0 Å². The lowest BCUT2D eigenvalue weighted by Gasteiger charge is -2.04. The Morgan fingerprint density at radius 3 is 2.13 bits per heavy atom. The Morgan fingerprint density at radius 2 is 1.57 bits per heavy atom. The number of hydrogen-bond acceptors (Lipinski definition) is 2. The van der Waals surface area contributed by atoms with Crippen molar-refractivity contribution in [2.24, 2.45) is 0 Å². The second-order valence-electron chi connectivity index (χ2n) is 5.56. The summed E-state index contributed by atoms with van der Waals surface area (Å²) >= 11 is 0. The van der Waals surface area contributed by atoms with Crippen LogP contribution in [0, 0.1) is 0 Å². The molecule has 0 aliphatic carbocycles. The molecule has 23 heavy (non-hydrogen) atoms.